The van der Waals surface area contributed by atoms with Crippen molar-refractivity contribution in [3.63, 3.8) is 0 Å². The second-order valence-corrected chi connectivity index (χ2v) is 5.57. The Balaban J connectivity index is 1.54. The number of hydrogen-bond donors (Lipinski definition) is 1. The lowest BCUT2D eigenvalue weighted by Gasteiger charge is -2.02. The molecule has 0 bridgehead atoms. The van der Waals surface area contributed by atoms with Crippen molar-refractivity contribution in [3.8, 4) is 17.6 Å². The van der Waals surface area contributed by atoms with Gasteiger partial charge in [-0.2, -0.15) is 0 Å². The minimum Gasteiger partial charge on any atom is -0.479 e. The Bertz CT molecular complexity index is 651. The van der Waals surface area contributed by atoms with Crippen molar-refractivity contribution in [2.45, 2.75) is 5.75 Å². The number of ether oxygens (including phenoxy) is 1. The predicted octanol–water partition coefficient (Wildman–Crippen LogP) is 2.51. The van der Waals surface area contributed by atoms with Crippen molar-refractivity contribution in [2.24, 2.45) is 0 Å². The number of rotatable bonds is 7. The van der Waals surface area contributed by atoms with Crippen molar-refractivity contribution in [2.75, 3.05) is 18.9 Å². The molecule has 4 nitrogen and oxygen atoms in total. The molecule has 2 rings (SSSR count). The van der Waals surface area contributed by atoms with Crippen molar-refractivity contribution in [3.05, 3.63) is 60.4 Å². The van der Waals surface area contributed by atoms with E-state index in [0.29, 0.717) is 18.0 Å². The van der Waals surface area contributed by atoms with Crippen LogP contribution in [0.15, 0.2) is 54.9 Å². The number of amides is 1. The van der Waals surface area contributed by atoms with Gasteiger partial charge in [0.25, 0.3) is 0 Å². The number of carbonyl (C=O) groups is 1. The largest absolute Gasteiger partial charge is 0.479 e. The summed E-state index contributed by atoms with van der Waals surface area (Å²) in [5.74, 6) is 7.65. The number of pyridine rings is 1. The van der Waals surface area contributed by atoms with Gasteiger partial charge in [-0.15, -0.1) is 11.8 Å². The van der Waals surface area contributed by atoms with E-state index < -0.39 is 0 Å². The number of nitrogens with one attached hydrogen (secondary N) is 1. The molecule has 118 valence electrons. The second-order valence-electron chi connectivity index (χ2n) is 4.59. The fourth-order valence-electron chi connectivity index (χ4n) is 1.70. The fourth-order valence-corrected chi connectivity index (χ4v) is 2.51. The van der Waals surface area contributed by atoms with Crippen LogP contribution < -0.4 is 10.1 Å². The van der Waals surface area contributed by atoms with E-state index in [0.717, 1.165) is 5.75 Å². The molecule has 0 fully saturated rings. The Labute approximate surface area is 140 Å². The molecule has 1 N–H and O–H groups in total. The third-order valence-corrected chi connectivity index (χ3v) is 3.79. The third kappa shape index (κ3) is 7.39. The molecule has 0 aliphatic rings. The van der Waals surface area contributed by atoms with E-state index in [4.69, 9.17) is 4.74 Å². The third-order valence-electron chi connectivity index (χ3n) is 2.79. The van der Waals surface area contributed by atoms with E-state index in [1.807, 2.05) is 24.3 Å². The molecule has 0 aliphatic heterocycles. The summed E-state index contributed by atoms with van der Waals surface area (Å²) in [6.07, 6.45) is 3.32. The quantitative estimate of drug-likeness (QED) is 0.795. The summed E-state index contributed by atoms with van der Waals surface area (Å²) >= 11 is 1.59. The van der Waals surface area contributed by atoms with Gasteiger partial charge in [0.2, 0.25) is 5.91 Å². The SMILES string of the molecule is O=C(CSCc1ccccc1)NCC#CCOc1cccnc1. The van der Waals surface area contributed by atoms with Crippen LogP contribution in [0.2, 0.25) is 0 Å². The summed E-state index contributed by atoms with van der Waals surface area (Å²) in [5, 5.41) is 2.77. The fraction of sp³-hybridized carbons (Fsp3) is 0.222. The molecule has 1 amide bonds. The first kappa shape index (κ1) is 16.9. The van der Waals surface area contributed by atoms with E-state index in [-0.39, 0.29) is 12.5 Å². The van der Waals surface area contributed by atoms with E-state index >= 15 is 0 Å². The number of nitrogens with zero attached hydrogens (tertiary/aromatic N) is 1. The Morgan fingerprint density at radius 3 is 2.83 bits per heavy atom. The van der Waals surface area contributed by atoms with E-state index in [1.54, 1.807) is 30.2 Å². The van der Waals surface area contributed by atoms with Crippen LogP contribution in [0.5, 0.6) is 5.75 Å². The van der Waals surface area contributed by atoms with Crippen molar-refractivity contribution >= 4 is 17.7 Å². The molecular weight excluding hydrogens is 308 g/mol. The van der Waals surface area contributed by atoms with Crippen LogP contribution in [-0.2, 0) is 10.5 Å². The minimum absolute atomic E-state index is 0.00610. The zero-order valence-electron chi connectivity index (χ0n) is 12.7. The van der Waals surface area contributed by atoms with Gasteiger partial charge in [-0.05, 0) is 17.7 Å². The highest BCUT2D eigenvalue weighted by atomic mass is 32.2. The second kappa shape index (κ2) is 10.3. The van der Waals surface area contributed by atoms with Gasteiger partial charge in [0.15, 0.2) is 0 Å². The number of hydrogen-bond acceptors (Lipinski definition) is 4. The van der Waals surface area contributed by atoms with Gasteiger partial charge >= 0.3 is 0 Å². The Morgan fingerprint density at radius 2 is 2.04 bits per heavy atom. The van der Waals surface area contributed by atoms with Gasteiger partial charge in [0.1, 0.15) is 12.4 Å². The first-order valence-electron chi connectivity index (χ1n) is 7.21. The van der Waals surface area contributed by atoms with Crippen molar-refractivity contribution in [1.82, 2.24) is 10.3 Å². The summed E-state index contributed by atoms with van der Waals surface area (Å²) < 4.78 is 5.37. The van der Waals surface area contributed by atoms with Crippen LogP contribution in [0.3, 0.4) is 0 Å². The zero-order valence-corrected chi connectivity index (χ0v) is 13.5. The Hall–Kier alpha value is -2.45. The van der Waals surface area contributed by atoms with Gasteiger partial charge < -0.3 is 10.1 Å². The first-order chi connectivity index (χ1) is 11.3. The predicted molar refractivity (Wildman–Crippen MR) is 93.1 cm³/mol. The van der Waals surface area contributed by atoms with Crippen molar-refractivity contribution < 1.29 is 9.53 Å². The maximum absolute atomic E-state index is 11.6. The first-order valence-corrected chi connectivity index (χ1v) is 8.37. The number of benzene rings is 1. The van der Waals surface area contributed by atoms with E-state index in [9.17, 15) is 4.79 Å². The van der Waals surface area contributed by atoms with Gasteiger partial charge in [-0.1, -0.05) is 42.2 Å². The molecule has 1 aromatic heterocycles. The molecule has 1 heterocycles. The van der Waals surface area contributed by atoms with Gasteiger partial charge in [-0.3, -0.25) is 9.78 Å². The normalized spacial score (nSPS) is 9.57. The zero-order chi connectivity index (χ0) is 16.2. The highest BCUT2D eigenvalue weighted by molar-refractivity contribution is 7.99. The number of aromatic nitrogens is 1. The molecular formula is C18H18N2O2S. The number of thioether (sulfide) groups is 1. The average Bonchev–Trinajstić information content (AvgIpc) is 2.60. The molecule has 0 unspecified atom stereocenters. The highest BCUT2D eigenvalue weighted by Crippen LogP contribution is 2.10. The lowest BCUT2D eigenvalue weighted by Crippen LogP contribution is -2.25. The lowest BCUT2D eigenvalue weighted by atomic mass is 10.2. The average molecular weight is 326 g/mol. The maximum Gasteiger partial charge on any atom is 0.230 e. The van der Waals surface area contributed by atoms with Gasteiger partial charge in [0, 0.05) is 11.9 Å². The van der Waals surface area contributed by atoms with Crippen molar-refractivity contribution in [1.29, 1.82) is 0 Å². The summed E-state index contributed by atoms with van der Waals surface area (Å²) in [7, 11) is 0. The molecule has 5 heteroatoms. The molecule has 0 spiro atoms. The molecule has 2 aromatic rings. The number of carbonyl (C=O) groups excluding carboxylic acids is 1. The standard InChI is InChI=1S/C18H18N2O2S/c21-18(15-23-14-16-7-2-1-3-8-16)20-11-4-5-12-22-17-9-6-10-19-13-17/h1-3,6-10,13H,11-12,14-15H2,(H,20,21). The summed E-state index contributed by atoms with van der Waals surface area (Å²) in [6, 6.07) is 13.7. The van der Waals surface area contributed by atoms with Crippen LogP contribution in [0.1, 0.15) is 5.56 Å². The molecule has 0 saturated carbocycles. The van der Waals surface area contributed by atoms with Crippen LogP contribution in [0.25, 0.3) is 0 Å². The lowest BCUT2D eigenvalue weighted by molar-refractivity contribution is -0.118. The van der Waals surface area contributed by atoms with Crippen LogP contribution in [0.4, 0.5) is 0 Å². The topological polar surface area (TPSA) is 51.2 Å². The highest BCUT2D eigenvalue weighted by Gasteiger charge is 2.00. The van der Waals surface area contributed by atoms with Crippen LogP contribution >= 0.6 is 11.8 Å². The molecule has 0 aliphatic carbocycles. The van der Waals surface area contributed by atoms with Gasteiger partial charge in [0.05, 0.1) is 18.5 Å². The van der Waals surface area contributed by atoms with Gasteiger partial charge in [-0.25, -0.2) is 0 Å². The Kier molecular flexibility index (Phi) is 7.58. The van der Waals surface area contributed by atoms with Crippen LogP contribution in [0, 0.1) is 11.8 Å². The molecule has 0 radical (unpaired) electrons. The molecule has 23 heavy (non-hydrogen) atoms. The molecule has 1 aromatic carbocycles. The summed E-state index contributed by atoms with van der Waals surface area (Å²) in [5.41, 5.74) is 1.22. The van der Waals surface area contributed by atoms with Crippen LogP contribution in [-0.4, -0.2) is 29.8 Å². The summed E-state index contributed by atoms with van der Waals surface area (Å²) in [4.78, 5) is 15.6. The molecule has 0 saturated heterocycles. The monoisotopic (exact) mass is 326 g/mol. The smallest absolute Gasteiger partial charge is 0.230 e. The summed E-state index contributed by atoms with van der Waals surface area (Å²) in [6.45, 7) is 0.617. The maximum atomic E-state index is 11.6. The Morgan fingerprint density at radius 1 is 1.17 bits per heavy atom. The van der Waals surface area contributed by atoms with E-state index in [1.165, 1.54) is 5.56 Å². The van der Waals surface area contributed by atoms with E-state index in [2.05, 4.69) is 34.3 Å². The minimum atomic E-state index is -0.00610. The molecule has 0 atom stereocenters.